The summed E-state index contributed by atoms with van der Waals surface area (Å²) in [5.74, 6) is 1.02. The lowest BCUT2D eigenvalue weighted by Gasteiger charge is -2.12. The highest BCUT2D eigenvalue weighted by Gasteiger charge is 2.22. The van der Waals surface area contributed by atoms with Gasteiger partial charge in [-0.25, -0.2) is 0 Å². The molecule has 3 N–H and O–H groups in total. The first-order valence-electron chi connectivity index (χ1n) is 6.47. The summed E-state index contributed by atoms with van der Waals surface area (Å²) in [5, 5.41) is 3.03. The van der Waals surface area contributed by atoms with Crippen molar-refractivity contribution >= 4 is 5.91 Å². The van der Waals surface area contributed by atoms with E-state index < -0.39 is 0 Å². The van der Waals surface area contributed by atoms with Crippen molar-refractivity contribution < 1.29 is 4.79 Å². The van der Waals surface area contributed by atoms with Gasteiger partial charge in [0.15, 0.2) is 0 Å². The van der Waals surface area contributed by atoms with E-state index in [0.29, 0.717) is 0 Å². The highest BCUT2D eigenvalue weighted by Crippen LogP contribution is 2.27. The number of rotatable bonds is 4. The molecule has 0 aromatic carbocycles. The average molecular weight is 222 g/mol. The van der Waals surface area contributed by atoms with Gasteiger partial charge in [0.2, 0.25) is 5.91 Å². The molecule has 2 rings (SSSR count). The maximum absolute atomic E-state index is 11.7. The van der Waals surface area contributed by atoms with E-state index in [1.54, 1.807) is 0 Å². The van der Waals surface area contributed by atoms with Gasteiger partial charge in [-0.05, 0) is 18.8 Å². The van der Waals surface area contributed by atoms with Crippen molar-refractivity contribution in [3.8, 4) is 0 Å². The molecule has 2 unspecified atom stereocenters. The normalized spacial score (nSPS) is 29.8. The number of amides is 1. The second kappa shape index (κ2) is 5.48. The molecule has 1 fully saturated rings. The van der Waals surface area contributed by atoms with Crippen LogP contribution in [-0.2, 0) is 4.79 Å². The van der Waals surface area contributed by atoms with Crippen LogP contribution in [0.15, 0.2) is 12.2 Å². The van der Waals surface area contributed by atoms with Crippen molar-refractivity contribution in [3.63, 3.8) is 0 Å². The molecule has 0 aromatic heterocycles. The lowest BCUT2D eigenvalue weighted by Crippen LogP contribution is -2.32. The van der Waals surface area contributed by atoms with Gasteiger partial charge in [0.25, 0.3) is 0 Å². The predicted molar refractivity (Wildman–Crippen MR) is 64.8 cm³/mol. The third-order valence-corrected chi connectivity index (χ3v) is 3.78. The molecule has 3 nitrogen and oxygen atoms in total. The lowest BCUT2D eigenvalue weighted by atomic mass is 10.0. The highest BCUT2D eigenvalue weighted by atomic mass is 16.1. The summed E-state index contributed by atoms with van der Waals surface area (Å²) in [6.45, 7) is 0.836. The number of nitrogens with one attached hydrogen (secondary N) is 1. The Hall–Kier alpha value is -0.830. The fraction of sp³-hybridized carbons (Fsp3) is 0.769. The van der Waals surface area contributed by atoms with Crippen molar-refractivity contribution in [2.75, 3.05) is 6.54 Å². The molecule has 1 amide bonds. The quantitative estimate of drug-likeness (QED) is 0.710. The second-order valence-corrected chi connectivity index (χ2v) is 5.12. The van der Waals surface area contributed by atoms with Crippen molar-refractivity contribution in [3.05, 3.63) is 12.2 Å². The molecule has 2 atom stereocenters. The molecule has 0 heterocycles. The van der Waals surface area contributed by atoms with Gasteiger partial charge in [-0.1, -0.05) is 37.8 Å². The van der Waals surface area contributed by atoms with Crippen LogP contribution in [0.2, 0.25) is 0 Å². The van der Waals surface area contributed by atoms with Gasteiger partial charge in [-0.3, -0.25) is 4.79 Å². The van der Waals surface area contributed by atoms with E-state index in [4.69, 9.17) is 5.73 Å². The Morgan fingerprint density at radius 3 is 2.69 bits per heavy atom. The largest absolute Gasteiger partial charge is 0.356 e. The third-order valence-electron chi connectivity index (χ3n) is 3.78. The SMILES string of the molecule is NC1C=CC(C(=O)NCCC2CCCC2)C1. The van der Waals surface area contributed by atoms with Crippen LogP contribution in [0.1, 0.15) is 38.5 Å². The Balaban J connectivity index is 1.62. The number of carbonyl (C=O) groups is 1. The van der Waals surface area contributed by atoms with Gasteiger partial charge < -0.3 is 11.1 Å². The van der Waals surface area contributed by atoms with Crippen LogP contribution in [0, 0.1) is 11.8 Å². The van der Waals surface area contributed by atoms with E-state index in [0.717, 1.165) is 25.3 Å². The monoisotopic (exact) mass is 222 g/mol. The predicted octanol–water partition coefficient (Wildman–Crippen LogP) is 1.59. The van der Waals surface area contributed by atoms with Crippen LogP contribution in [0.3, 0.4) is 0 Å². The summed E-state index contributed by atoms with van der Waals surface area (Å²) in [7, 11) is 0. The summed E-state index contributed by atoms with van der Waals surface area (Å²) in [4.78, 5) is 11.7. The highest BCUT2D eigenvalue weighted by molar-refractivity contribution is 5.81. The molecule has 16 heavy (non-hydrogen) atoms. The van der Waals surface area contributed by atoms with Crippen LogP contribution in [0.4, 0.5) is 0 Å². The molecular formula is C13H22N2O. The fourth-order valence-electron chi connectivity index (χ4n) is 2.75. The zero-order chi connectivity index (χ0) is 11.4. The number of hydrogen-bond donors (Lipinski definition) is 2. The van der Waals surface area contributed by atoms with Crippen molar-refractivity contribution in [2.24, 2.45) is 17.6 Å². The zero-order valence-electron chi connectivity index (χ0n) is 9.82. The standard InChI is InChI=1S/C13H22N2O/c14-12-6-5-11(9-12)13(16)15-8-7-10-3-1-2-4-10/h5-6,10-12H,1-4,7-9,14H2,(H,15,16). The lowest BCUT2D eigenvalue weighted by molar-refractivity contribution is -0.123. The molecule has 2 aliphatic carbocycles. The van der Waals surface area contributed by atoms with Gasteiger partial charge in [0.1, 0.15) is 0 Å². The fourth-order valence-corrected chi connectivity index (χ4v) is 2.75. The molecule has 2 aliphatic rings. The molecule has 0 aromatic rings. The van der Waals surface area contributed by atoms with Gasteiger partial charge in [-0.2, -0.15) is 0 Å². The molecule has 0 bridgehead atoms. The summed E-state index contributed by atoms with van der Waals surface area (Å²) in [6.07, 6.45) is 11.2. The van der Waals surface area contributed by atoms with Gasteiger partial charge in [-0.15, -0.1) is 0 Å². The van der Waals surface area contributed by atoms with Gasteiger partial charge in [0.05, 0.1) is 5.92 Å². The Kier molecular flexibility index (Phi) is 3.99. The smallest absolute Gasteiger partial charge is 0.226 e. The van der Waals surface area contributed by atoms with Gasteiger partial charge >= 0.3 is 0 Å². The molecule has 90 valence electrons. The number of carbonyl (C=O) groups excluding carboxylic acids is 1. The molecule has 0 radical (unpaired) electrons. The second-order valence-electron chi connectivity index (χ2n) is 5.12. The molecule has 3 heteroatoms. The summed E-state index contributed by atoms with van der Waals surface area (Å²) in [6, 6.07) is 0.0746. The van der Waals surface area contributed by atoms with E-state index in [9.17, 15) is 4.79 Å². The summed E-state index contributed by atoms with van der Waals surface area (Å²) >= 11 is 0. The minimum absolute atomic E-state index is 0.0126. The third kappa shape index (κ3) is 3.08. The summed E-state index contributed by atoms with van der Waals surface area (Å²) < 4.78 is 0. The molecule has 0 aliphatic heterocycles. The minimum atomic E-state index is 0.0126. The Bertz CT molecular complexity index is 269. The van der Waals surface area contributed by atoms with Gasteiger partial charge in [0, 0.05) is 12.6 Å². The van der Waals surface area contributed by atoms with Crippen molar-refractivity contribution in [1.82, 2.24) is 5.32 Å². The van der Waals surface area contributed by atoms with Crippen LogP contribution in [-0.4, -0.2) is 18.5 Å². The first-order chi connectivity index (χ1) is 7.75. The Labute approximate surface area is 97.5 Å². The van der Waals surface area contributed by atoms with E-state index in [1.807, 2.05) is 12.2 Å². The molecule has 0 spiro atoms. The van der Waals surface area contributed by atoms with Crippen molar-refractivity contribution in [2.45, 2.75) is 44.6 Å². The summed E-state index contributed by atoms with van der Waals surface area (Å²) in [5.41, 5.74) is 5.72. The van der Waals surface area contributed by atoms with Crippen molar-refractivity contribution in [1.29, 1.82) is 0 Å². The van der Waals surface area contributed by atoms with Crippen LogP contribution in [0.5, 0.6) is 0 Å². The molecule has 0 saturated heterocycles. The Morgan fingerprint density at radius 2 is 2.06 bits per heavy atom. The Morgan fingerprint density at radius 1 is 1.31 bits per heavy atom. The number of nitrogens with two attached hydrogens (primary N) is 1. The van der Waals surface area contributed by atoms with Crippen LogP contribution >= 0.6 is 0 Å². The minimum Gasteiger partial charge on any atom is -0.356 e. The zero-order valence-corrected chi connectivity index (χ0v) is 9.82. The van der Waals surface area contributed by atoms with E-state index in [-0.39, 0.29) is 17.9 Å². The maximum atomic E-state index is 11.7. The van der Waals surface area contributed by atoms with Crippen LogP contribution < -0.4 is 11.1 Å². The van der Waals surface area contributed by atoms with E-state index in [2.05, 4.69) is 5.32 Å². The van der Waals surface area contributed by atoms with Crippen LogP contribution in [0.25, 0.3) is 0 Å². The first-order valence-corrected chi connectivity index (χ1v) is 6.47. The van der Waals surface area contributed by atoms with E-state index >= 15 is 0 Å². The molecular weight excluding hydrogens is 200 g/mol. The maximum Gasteiger partial charge on any atom is 0.226 e. The van der Waals surface area contributed by atoms with E-state index in [1.165, 1.54) is 25.7 Å². The first kappa shape index (κ1) is 11.6. The molecule has 1 saturated carbocycles. The topological polar surface area (TPSA) is 55.1 Å². The average Bonchev–Trinajstić information content (AvgIpc) is 2.89. The number of hydrogen-bond acceptors (Lipinski definition) is 2.